The van der Waals surface area contributed by atoms with Gasteiger partial charge in [-0.1, -0.05) is 0 Å². The van der Waals surface area contributed by atoms with Gasteiger partial charge in [-0.25, -0.2) is 9.78 Å². The number of nitrogens with zero attached hydrogens (tertiary/aromatic N) is 2. The highest BCUT2D eigenvalue weighted by molar-refractivity contribution is 5.86. The van der Waals surface area contributed by atoms with E-state index in [1.54, 1.807) is 7.11 Å². The topological polar surface area (TPSA) is 70.5 Å². The minimum absolute atomic E-state index is 0.134. The third-order valence-corrected chi connectivity index (χ3v) is 1.55. The second kappa shape index (κ2) is 5.92. The molecule has 0 atom stereocenters. The van der Waals surface area contributed by atoms with E-state index in [0.717, 1.165) is 0 Å². The van der Waals surface area contributed by atoms with Crippen molar-refractivity contribution in [3.63, 3.8) is 0 Å². The summed E-state index contributed by atoms with van der Waals surface area (Å²) in [6.45, 7) is 0.771. The molecule has 1 heterocycles. The van der Waals surface area contributed by atoms with E-state index >= 15 is 0 Å². The summed E-state index contributed by atoms with van der Waals surface area (Å²) in [5.74, 6) is -0.519. The third kappa shape index (κ3) is 3.51. The van der Waals surface area contributed by atoms with Crippen molar-refractivity contribution in [1.29, 1.82) is 0 Å². The summed E-state index contributed by atoms with van der Waals surface area (Å²) in [6.07, 6.45) is 1.43. The Labute approximate surface area is 87.2 Å². The van der Waals surface area contributed by atoms with Crippen LogP contribution in [-0.2, 0) is 9.47 Å². The maximum absolute atomic E-state index is 11.1. The largest absolute Gasteiger partial charge is 0.464 e. The summed E-state index contributed by atoms with van der Waals surface area (Å²) in [6, 6.07) is 1.59. The van der Waals surface area contributed by atoms with E-state index in [4.69, 9.17) is 9.47 Å². The van der Waals surface area contributed by atoms with Gasteiger partial charge in [0.15, 0.2) is 5.69 Å². The number of carbonyl (C=O) groups is 1. The summed E-state index contributed by atoms with van der Waals surface area (Å²) < 4.78 is 14.4. The van der Waals surface area contributed by atoms with Crippen LogP contribution in [0.25, 0.3) is 0 Å². The molecule has 0 amide bonds. The smallest absolute Gasteiger partial charge is 0.356 e. The monoisotopic (exact) mass is 212 g/mol. The average molecular weight is 212 g/mol. The minimum atomic E-state index is -0.519. The predicted molar refractivity (Wildman–Crippen MR) is 50.7 cm³/mol. The molecule has 0 saturated heterocycles. The van der Waals surface area contributed by atoms with Gasteiger partial charge < -0.3 is 14.2 Å². The van der Waals surface area contributed by atoms with Crippen molar-refractivity contribution >= 4 is 5.97 Å². The van der Waals surface area contributed by atoms with Crippen LogP contribution in [0.2, 0.25) is 0 Å². The van der Waals surface area contributed by atoms with Crippen LogP contribution in [0.5, 0.6) is 6.01 Å². The zero-order valence-electron chi connectivity index (χ0n) is 8.60. The molecule has 0 spiro atoms. The highest BCUT2D eigenvalue weighted by atomic mass is 16.5. The second-order valence-electron chi connectivity index (χ2n) is 2.56. The number of rotatable bonds is 5. The fraction of sp³-hybridized carbons (Fsp3) is 0.444. The highest BCUT2D eigenvalue weighted by Gasteiger charge is 2.08. The van der Waals surface area contributed by atoms with Gasteiger partial charge in [-0.15, -0.1) is 0 Å². The van der Waals surface area contributed by atoms with Crippen molar-refractivity contribution in [2.45, 2.75) is 0 Å². The van der Waals surface area contributed by atoms with E-state index in [0.29, 0.717) is 13.2 Å². The Morgan fingerprint density at radius 3 is 2.87 bits per heavy atom. The standard InChI is InChI=1S/C9H12N2O4/c1-13-5-6-15-9-10-4-3-7(11-9)8(12)14-2/h3-4H,5-6H2,1-2H3. The number of aromatic nitrogens is 2. The Balaban J connectivity index is 2.62. The van der Waals surface area contributed by atoms with Gasteiger partial charge in [-0.05, 0) is 6.07 Å². The Kier molecular flexibility index (Phi) is 4.49. The summed E-state index contributed by atoms with van der Waals surface area (Å²) >= 11 is 0. The zero-order chi connectivity index (χ0) is 11.1. The molecule has 6 heteroatoms. The van der Waals surface area contributed by atoms with Crippen LogP contribution in [0.1, 0.15) is 10.5 Å². The summed E-state index contributed by atoms with van der Waals surface area (Å²) in [7, 11) is 2.85. The van der Waals surface area contributed by atoms with Crippen LogP contribution in [-0.4, -0.2) is 43.4 Å². The molecule has 82 valence electrons. The van der Waals surface area contributed by atoms with E-state index in [2.05, 4.69) is 14.7 Å². The van der Waals surface area contributed by atoms with Gasteiger partial charge >= 0.3 is 12.0 Å². The molecule has 0 aliphatic heterocycles. The van der Waals surface area contributed by atoms with Crippen molar-refractivity contribution < 1.29 is 19.0 Å². The molecule has 0 unspecified atom stereocenters. The second-order valence-corrected chi connectivity index (χ2v) is 2.56. The molecule has 0 aliphatic rings. The Hall–Kier alpha value is -1.69. The first-order valence-electron chi connectivity index (χ1n) is 4.31. The van der Waals surface area contributed by atoms with E-state index < -0.39 is 5.97 Å². The maximum Gasteiger partial charge on any atom is 0.356 e. The lowest BCUT2D eigenvalue weighted by molar-refractivity contribution is 0.0591. The van der Waals surface area contributed by atoms with Gasteiger partial charge in [0, 0.05) is 13.3 Å². The zero-order valence-corrected chi connectivity index (χ0v) is 8.60. The maximum atomic E-state index is 11.1. The van der Waals surface area contributed by atoms with Gasteiger partial charge in [0.1, 0.15) is 6.61 Å². The van der Waals surface area contributed by atoms with Crippen LogP contribution >= 0.6 is 0 Å². The molecule has 6 nitrogen and oxygen atoms in total. The molecule has 0 bridgehead atoms. The molecule has 0 N–H and O–H groups in total. The van der Waals surface area contributed by atoms with Gasteiger partial charge in [-0.2, -0.15) is 4.98 Å². The van der Waals surface area contributed by atoms with E-state index in [9.17, 15) is 4.79 Å². The van der Waals surface area contributed by atoms with Crippen molar-refractivity contribution in [2.24, 2.45) is 0 Å². The molecule has 0 fully saturated rings. The van der Waals surface area contributed by atoms with E-state index in [1.807, 2.05) is 0 Å². The van der Waals surface area contributed by atoms with Crippen molar-refractivity contribution in [1.82, 2.24) is 9.97 Å². The Bertz CT molecular complexity index is 330. The van der Waals surface area contributed by atoms with Crippen LogP contribution < -0.4 is 4.74 Å². The number of ether oxygens (including phenoxy) is 3. The third-order valence-electron chi connectivity index (χ3n) is 1.55. The molecule has 0 aromatic carbocycles. The number of methoxy groups -OCH3 is 2. The molecular weight excluding hydrogens is 200 g/mol. The quantitative estimate of drug-likeness (QED) is 0.516. The fourth-order valence-corrected chi connectivity index (χ4v) is 0.845. The number of hydrogen-bond donors (Lipinski definition) is 0. The predicted octanol–water partition coefficient (Wildman–Crippen LogP) is 0.288. The molecular formula is C9H12N2O4. The number of carbonyl (C=O) groups excluding carboxylic acids is 1. The number of esters is 1. The average Bonchev–Trinajstić information content (AvgIpc) is 2.29. The Morgan fingerprint density at radius 1 is 1.40 bits per heavy atom. The molecule has 1 rings (SSSR count). The van der Waals surface area contributed by atoms with Crippen molar-refractivity contribution in [3.8, 4) is 6.01 Å². The number of hydrogen-bond acceptors (Lipinski definition) is 6. The SMILES string of the molecule is COCCOc1nccc(C(=O)OC)n1. The van der Waals surface area contributed by atoms with Crippen molar-refractivity contribution in [3.05, 3.63) is 18.0 Å². The van der Waals surface area contributed by atoms with Crippen LogP contribution in [0.3, 0.4) is 0 Å². The first-order chi connectivity index (χ1) is 7.27. The first kappa shape index (κ1) is 11.4. The van der Waals surface area contributed by atoms with Gasteiger partial charge in [0.05, 0.1) is 13.7 Å². The fourth-order valence-electron chi connectivity index (χ4n) is 0.845. The Morgan fingerprint density at radius 2 is 2.20 bits per heavy atom. The first-order valence-corrected chi connectivity index (χ1v) is 4.31. The summed E-state index contributed by atoms with van der Waals surface area (Å²) in [5.41, 5.74) is 0.167. The normalized spacial score (nSPS) is 9.73. The molecule has 1 aromatic rings. The van der Waals surface area contributed by atoms with Crippen LogP contribution in [0, 0.1) is 0 Å². The van der Waals surface area contributed by atoms with Crippen molar-refractivity contribution in [2.75, 3.05) is 27.4 Å². The lowest BCUT2D eigenvalue weighted by Gasteiger charge is -2.03. The summed E-state index contributed by atoms with van der Waals surface area (Å²) in [5, 5.41) is 0. The lowest BCUT2D eigenvalue weighted by atomic mass is 10.4. The molecule has 0 aliphatic carbocycles. The van der Waals surface area contributed by atoms with E-state index in [1.165, 1.54) is 19.4 Å². The minimum Gasteiger partial charge on any atom is -0.464 e. The summed E-state index contributed by atoms with van der Waals surface area (Å²) in [4.78, 5) is 18.8. The lowest BCUT2D eigenvalue weighted by Crippen LogP contribution is -2.10. The van der Waals surface area contributed by atoms with Crippen LogP contribution in [0.4, 0.5) is 0 Å². The molecule has 1 aromatic heterocycles. The molecule has 0 radical (unpaired) electrons. The van der Waals surface area contributed by atoms with Gasteiger partial charge in [0.25, 0.3) is 0 Å². The van der Waals surface area contributed by atoms with E-state index in [-0.39, 0.29) is 11.7 Å². The van der Waals surface area contributed by atoms with Gasteiger partial charge in [-0.3, -0.25) is 0 Å². The van der Waals surface area contributed by atoms with Gasteiger partial charge in [0.2, 0.25) is 0 Å². The molecule has 15 heavy (non-hydrogen) atoms. The van der Waals surface area contributed by atoms with Crippen LogP contribution in [0.15, 0.2) is 12.3 Å². The molecule has 0 saturated carbocycles. The highest BCUT2D eigenvalue weighted by Crippen LogP contribution is 2.03.